The lowest BCUT2D eigenvalue weighted by atomic mass is 10.1. The number of alkyl halides is 3. The number of hydrogen-bond acceptors (Lipinski definition) is 2. The van der Waals surface area contributed by atoms with Crippen LogP contribution in [0.3, 0.4) is 0 Å². The second-order valence-electron chi connectivity index (χ2n) is 5.30. The molecule has 2 amide bonds. The number of halogens is 3. The van der Waals surface area contributed by atoms with Crippen molar-refractivity contribution in [2.45, 2.75) is 32.5 Å². The molecule has 0 aliphatic rings. The van der Waals surface area contributed by atoms with Gasteiger partial charge in [-0.3, -0.25) is 0 Å². The van der Waals surface area contributed by atoms with Crippen LogP contribution in [0.4, 0.5) is 23.7 Å². The third kappa shape index (κ3) is 5.26. The first-order chi connectivity index (χ1) is 9.54. The summed E-state index contributed by atoms with van der Waals surface area (Å²) in [7, 11) is 0. The van der Waals surface area contributed by atoms with Gasteiger partial charge in [-0.25, -0.2) is 4.79 Å². The molecule has 2 N–H and O–H groups in total. The van der Waals surface area contributed by atoms with Gasteiger partial charge in [0.2, 0.25) is 0 Å². The van der Waals surface area contributed by atoms with E-state index in [0.29, 0.717) is 0 Å². The molecule has 7 heteroatoms. The standard InChI is InChI=1S/C14H19F3N2O2/c1-4-19(9-13(2,3)21)12(20)18-11-8-6-5-7-10(11)14(15,16)17/h5-8,21H,4,9H2,1-3H3,(H,18,20). The molecule has 0 saturated carbocycles. The van der Waals surface area contributed by atoms with Crippen LogP contribution in [0.15, 0.2) is 24.3 Å². The number of rotatable bonds is 4. The van der Waals surface area contributed by atoms with E-state index in [4.69, 9.17) is 0 Å². The number of amides is 2. The summed E-state index contributed by atoms with van der Waals surface area (Å²) >= 11 is 0. The minimum Gasteiger partial charge on any atom is -0.389 e. The van der Waals surface area contributed by atoms with Gasteiger partial charge >= 0.3 is 12.2 Å². The van der Waals surface area contributed by atoms with Gasteiger partial charge in [-0.05, 0) is 32.9 Å². The summed E-state index contributed by atoms with van der Waals surface area (Å²) in [6.45, 7) is 5.01. The highest BCUT2D eigenvalue weighted by molar-refractivity contribution is 5.90. The van der Waals surface area contributed by atoms with Crippen molar-refractivity contribution >= 4 is 11.7 Å². The molecule has 0 aromatic heterocycles. The topological polar surface area (TPSA) is 52.6 Å². The Balaban J connectivity index is 2.93. The van der Waals surface area contributed by atoms with Gasteiger partial charge in [0.15, 0.2) is 0 Å². The van der Waals surface area contributed by atoms with E-state index in [1.807, 2.05) is 0 Å². The highest BCUT2D eigenvalue weighted by Crippen LogP contribution is 2.34. The van der Waals surface area contributed by atoms with Crippen molar-refractivity contribution in [3.05, 3.63) is 29.8 Å². The molecule has 0 radical (unpaired) electrons. The molecule has 0 aliphatic carbocycles. The molecule has 1 aromatic carbocycles. The Kier molecular flexibility index (Phi) is 5.22. The molecule has 1 aromatic rings. The van der Waals surface area contributed by atoms with E-state index in [9.17, 15) is 23.1 Å². The maximum absolute atomic E-state index is 12.8. The number of anilines is 1. The highest BCUT2D eigenvalue weighted by Gasteiger charge is 2.34. The molecule has 0 saturated heterocycles. The summed E-state index contributed by atoms with van der Waals surface area (Å²) in [5.41, 5.74) is -2.33. The van der Waals surface area contributed by atoms with E-state index in [-0.39, 0.29) is 18.8 Å². The second kappa shape index (κ2) is 6.34. The molecule has 1 rings (SSSR count). The Bertz CT molecular complexity index is 496. The Morgan fingerprint density at radius 3 is 2.33 bits per heavy atom. The second-order valence-corrected chi connectivity index (χ2v) is 5.30. The van der Waals surface area contributed by atoms with E-state index in [2.05, 4.69) is 5.32 Å². The summed E-state index contributed by atoms with van der Waals surface area (Å²) in [5.74, 6) is 0. The fourth-order valence-corrected chi connectivity index (χ4v) is 1.83. The van der Waals surface area contributed by atoms with Gasteiger partial charge < -0.3 is 15.3 Å². The largest absolute Gasteiger partial charge is 0.418 e. The molecule has 0 atom stereocenters. The van der Waals surface area contributed by atoms with Crippen molar-refractivity contribution in [3.8, 4) is 0 Å². The Labute approximate surface area is 121 Å². The van der Waals surface area contributed by atoms with Gasteiger partial charge in [0, 0.05) is 6.54 Å². The highest BCUT2D eigenvalue weighted by atomic mass is 19.4. The molecule has 0 fully saturated rings. The SMILES string of the molecule is CCN(CC(C)(C)O)C(=O)Nc1ccccc1C(F)(F)F. The maximum Gasteiger partial charge on any atom is 0.418 e. The normalized spacial score (nSPS) is 12.1. The zero-order valence-electron chi connectivity index (χ0n) is 12.2. The number of likely N-dealkylation sites (N-methyl/N-ethyl adjacent to an activating group) is 1. The number of carbonyl (C=O) groups is 1. The van der Waals surface area contributed by atoms with Crippen molar-refractivity contribution in [1.82, 2.24) is 4.90 Å². The van der Waals surface area contributed by atoms with Crippen LogP contribution in [-0.4, -0.2) is 34.7 Å². The molecular formula is C14H19F3N2O2. The smallest absolute Gasteiger partial charge is 0.389 e. The van der Waals surface area contributed by atoms with Gasteiger partial charge in [-0.15, -0.1) is 0 Å². The van der Waals surface area contributed by atoms with Gasteiger partial charge in [0.05, 0.1) is 23.4 Å². The Hall–Kier alpha value is -1.76. The van der Waals surface area contributed by atoms with Crippen molar-refractivity contribution in [2.75, 3.05) is 18.4 Å². The van der Waals surface area contributed by atoms with Crippen LogP contribution in [0, 0.1) is 0 Å². The summed E-state index contributed by atoms with van der Waals surface area (Å²) < 4.78 is 38.5. The predicted molar refractivity (Wildman–Crippen MR) is 74.0 cm³/mol. The van der Waals surface area contributed by atoms with E-state index in [0.717, 1.165) is 6.07 Å². The number of urea groups is 1. The molecule has 0 unspecified atom stereocenters. The predicted octanol–water partition coefficient (Wildman–Crippen LogP) is 3.33. The summed E-state index contributed by atoms with van der Waals surface area (Å²) in [6.07, 6.45) is -4.54. The first-order valence-electron chi connectivity index (χ1n) is 6.49. The van der Waals surface area contributed by atoms with Crippen LogP contribution in [0.5, 0.6) is 0 Å². The molecule has 0 aliphatic heterocycles. The van der Waals surface area contributed by atoms with E-state index < -0.39 is 23.4 Å². The fourth-order valence-electron chi connectivity index (χ4n) is 1.83. The van der Waals surface area contributed by atoms with Crippen LogP contribution in [-0.2, 0) is 6.18 Å². The number of aliphatic hydroxyl groups is 1. The molecule has 21 heavy (non-hydrogen) atoms. The number of benzene rings is 1. The zero-order chi connectivity index (χ0) is 16.3. The van der Waals surface area contributed by atoms with Crippen LogP contribution in [0.1, 0.15) is 26.3 Å². The lowest BCUT2D eigenvalue weighted by molar-refractivity contribution is -0.136. The Morgan fingerprint density at radius 1 is 1.29 bits per heavy atom. The third-order valence-electron chi connectivity index (χ3n) is 2.72. The van der Waals surface area contributed by atoms with Gasteiger partial charge in [-0.2, -0.15) is 13.2 Å². The number of nitrogens with zero attached hydrogens (tertiary/aromatic N) is 1. The average molecular weight is 304 g/mol. The number of nitrogens with one attached hydrogen (secondary N) is 1. The Morgan fingerprint density at radius 2 is 1.86 bits per heavy atom. The van der Waals surface area contributed by atoms with Gasteiger partial charge in [0.1, 0.15) is 0 Å². The first kappa shape index (κ1) is 17.3. The number of hydrogen-bond donors (Lipinski definition) is 2. The molecule has 4 nitrogen and oxygen atoms in total. The monoisotopic (exact) mass is 304 g/mol. The van der Waals surface area contributed by atoms with E-state index in [1.54, 1.807) is 6.92 Å². The van der Waals surface area contributed by atoms with E-state index in [1.165, 1.54) is 36.9 Å². The van der Waals surface area contributed by atoms with Crippen molar-refractivity contribution in [1.29, 1.82) is 0 Å². The van der Waals surface area contributed by atoms with Gasteiger partial charge in [0.25, 0.3) is 0 Å². The fraction of sp³-hybridized carbons (Fsp3) is 0.500. The zero-order valence-corrected chi connectivity index (χ0v) is 12.2. The summed E-state index contributed by atoms with van der Waals surface area (Å²) in [4.78, 5) is 13.3. The number of para-hydroxylation sites is 1. The molecule has 0 bridgehead atoms. The average Bonchev–Trinajstić information content (AvgIpc) is 2.34. The van der Waals surface area contributed by atoms with Crippen LogP contribution in [0.25, 0.3) is 0 Å². The lowest BCUT2D eigenvalue weighted by Gasteiger charge is -2.28. The molecule has 118 valence electrons. The lowest BCUT2D eigenvalue weighted by Crippen LogP contribution is -2.44. The molecular weight excluding hydrogens is 285 g/mol. The summed E-state index contributed by atoms with van der Waals surface area (Å²) in [5, 5.41) is 12.0. The third-order valence-corrected chi connectivity index (χ3v) is 2.72. The molecule has 0 spiro atoms. The van der Waals surface area contributed by atoms with Crippen LogP contribution in [0.2, 0.25) is 0 Å². The quantitative estimate of drug-likeness (QED) is 0.896. The minimum absolute atomic E-state index is 0.0174. The summed E-state index contributed by atoms with van der Waals surface area (Å²) in [6, 6.07) is 4.08. The number of carbonyl (C=O) groups excluding carboxylic acids is 1. The minimum atomic E-state index is -4.54. The molecule has 0 heterocycles. The van der Waals surface area contributed by atoms with Crippen LogP contribution < -0.4 is 5.32 Å². The van der Waals surface area contributed by atoms with Crippen molar-refractivity contribution < 1.29 is 23.1 Å². The van der Waals surface area contributed by atoms with Crippen molar-refractivity contribution in [3.63, 3.8) is 0 Å². The maximum atomic E-state index is 12.8. The first-order valence-corrected chi connectivity index (χ1v) is 6.49. The van der Waals surface area contributed by atoms with Gasteiger partial charge in [-0.1, -0.05) is 12.1 Å². The van der Waals surface area contributed by atoms with Crippen molar-refractivity contribution in [2.24, 2.45) is 0 Å². The van der Waals surface area contributed by atoms with E-state index >= 15 is 0 Å². The van der Waals surface area contributed by atoms with Crippen LogP contribution >= 0.6 is 0 Å².